The summed E-state index contributed by atoms with van der Waals surface area (Å²) in [6.07, 6.45) is 3.35. The molecule has 2 heterocycles. The van der Waals surface area contributed by atoms with Crippen molar-refractivity contribution in [3.8, 4) is 5.75 Å². The van der Waals surface area contributed by atoms with Crippen molar-refractivity contribution >= 4 is 21.8 Å². The van der Waals surface area contributed by atoms with Crippen molar-refractivity contribution in [1.29, 1.82) is 0 Å². The molecule has 5 heteroatoms. The maximum Gasteiger partial charge on any atom is 0.289 e. The largest absolute Gasteiger partial charge is 0.484 e. The molecule has 0 aliphatic carbocycles. The monoisotopic (exact) mass is 363 g/mol. The maximum absolute atomic E-state index is 12.3. The van der Waals surface area contributed by atoms with Crippen molar-refractivity contribution in [2.45, 2.75) is 25.9 Å². The zero-order chi connectivity index (χ0) is 15.4. The van der Waals surface area contributed by atoms with E-state index in [1.54, 1.807) is 12.1 Å². The summed E-state index contributed by atoms with van der Waals surface area (Å²) in [7, 11) is 0. The van der Waals surface area contributed by atoms with Gasteiger partial charge in [-0.25, -0.2) is 0 Å². The molecule has 0 saturated carbocycles. The highest BCUT2D eigenvalue weighted by Crippen LogP contribution is 2.25. The summed E-state index contributed by atoms with van der Waals surface area (Å²) >= 11 is 3.43. The van der Waals surface area contributed by atoms with Gasteiger partial charge < -0.3 is 14.1 Å². The minimum absolute atomic E-state index is 0.0214. The van der Waals surface area contributed by atoms with Crippen molar-refractivity contribution in [3.63, 3.8) is 0 Å². The van der Waals surface area contributed by atoms with Crippen LogP contribution in [-0.4, -0.2) is 23.9 Å². The molecule has 1 amide bonds. The number of para-hydroxylation sites is 1. The molecule has 2 aromatic rings. The van der Waals surface area contributed by atoms with Crippen LogP contribution in [0.1, 0.15) is 35.6 Å². The quantitative estimate of drug-likeness (QED) is 0.815. The second-order valence-corrected chi connectivity index (χ2v) is 6.19. The van der Waals surface area contributed by atoms with E-state index in [2.05, 4.69) is 15.9 Å². The number of furan rings is 1. The summed E-state index contributed by atoms with van der Waals surface area (Å²) in [5, 5.41) is 0. The first-order valence-electron chi connectivity index (χ1n) is 7.49. The van der Waals surface area contributed by atoms with Gasteiger partial charge in [0.15, 0.2) is 5.76 Å². The van der Waals surface area contributed by atoms with Crippen LogP contribution >= 0.6 is 15.9 Å². The molecular weight excluding hydrogens is 346 g/mol. The third kappa shape index (κ3) is 3.53. The van der Waals surface area contributed by atoms with Gasteiger partial charge in [-0.1, -0.05) is 12.1 Å². The Morgan fingerprint density at radius 1 is 1.14 bits per heavy atom. The molecule has 1 fully saturated rings. The third-order valence-corrected chi connectivity index (χ3v) is 4.38. The fraction of sp³-hybridized carbons (Fsp3) is 0.353. The first-order valence-corrected chi connectivity index (χ1v) is 8.28. The van der Waals surface area contributed by atoms with Crippen LogP contribution in [0.3, 0.4) is 0 Å². The molecule has 116 valence electrons. The normalized spacial score (nSPS) is 14.9. The Hall–Kier alpha value is -1.75. The number of likely N-dealkylation sites (tertiary alicyclic amines) is 1. The van der Waals surface area contributed by atoms with E-state index < -0.39 is 0 Å². The summed E-state index contributed by atoms with van der Waals surface area (Å²) in [6, 6.07) is 11.2. The van der Waals surface area contributed by atoms with E-state index in [0.717, 1.165) is 36.2 Å². The molecule has 0 radical (unpaired) electrons. The predicted molar refractivity (Wildman–Crippen MR) is 86.9 cm³/mol. The number of carbonyl (C=O) groups excluding carboxylic acids is 1. The molecule has 1 aromatic heterocycles. The van der Waals surface area contributed by atoms with Gasteiger partial charge in [0.2, 0.25) is 0 Å². The molecule has 0 N–H and O–H groups in total. The Balaban J connectivity index is 1.61. The number of nitrogens with zero attached hydrogens (tertiary/aromatic N) is 1. The summed E-state index contributed by atoms with van der Waals surface area (Å²) in [5.74, 6) is 1.78. The van der Waals surface area contributed by atoms with Gasteiger partial charge in [-0.2, -0.15) is 0 Å². The average Bonchev–Trinajstić information content (AvgIpc) is 3.03. The van der Waals surface area contributed by atoms with Crippen molar-refractivity contribution in [1.82, 2.24) is 4.90 Å². The van der Waals surface area contributed by atoms with Gasteiger partial charge >= 0.3 is 0 Å². The lowest BCUT2D eigenvalue weighted by Gasteiger charge is -2.25. The number of rotatable bonds is 4. The molecule has 22 heavy (non-hydrogen) atoms. The van der Waals surface area contributed by atoms with Crippen molar-refractivity contribution < 1.29 is 13.9 Å². The van der Waals surface area contributed by atoms with Gasteiger partial charge in [-0.05, 0) is 59.5 Å². The number of hydrogen-bond acceptors (Lipinski definition) is 3. The first kappa shape index (κ1) is 15.2. The zero-order valence-electron chi connectivity index (χ0n) is 12.3. The predicted octanol–water partition coefficient (Wildman–Crippen LogP) is 4.25. The van der Waals surface area contributed by atoms with Gasteiger partial charge in [-0.15, -0.1) is 0 Å². The standard InChI is InChI=1S/C17H18BrNO3/c18-14-6-2-3-7-15(14)21-12-13-8-9-16(22-13)17(20)19-10-4-1-5-11-19/h2-3,6-9H,1,4-5,10-12H2. The number of carbonyl (C=O) groups is 1. The molecule has 4 nitrogen and oxygen atoms in total. The second-order valence-electron chi connectivity index (χ2n) is 5.34. The Morgan fingerprint density at radius 3 is 2.68 bits per heavy atom. The summed E-state index contributed by atoms with van der Waals surface area (Å²) < 4.78 is 12.2. The highest BCUT2D eigenvalue weighted by molar-refractivity contribution is 9.10. The number of benzene rings is 1. The minimum atomic E-state index is -0.0214. The van der Waals surface area contributed by atoms with Crippen LogP contribution in [0, 0.1) is 0 Å². The van der Waals surface area contributed by atoms with E-state index in [1.807, 2.05) is 29.2 Å². The van der Waals surface area contributed by atoms with Crippen LogP contribution in [0.2, 0.25) is 0 Å². The van der Waals surface area contributed by atoms with Gasteiger partial charge in [0.05, 0.1) is 4.47 Å². The third-order valence-electron chi connectivity index (χ3n) is 3.72. The maximum atomic E-state index is 12.3. The molecule has 0 unspecified atom stereocenters. The number of amides is 1. The Labute approximate surface area is 138 Å². The zero-order valence-corrected chi connectivity index (χ0v) is 13.8. The van der Waals surface area contributed by atoms with Crippen LogP contribution in [0.4, 0.5) is 0 Å². The molecule has 1 saturated heterocycles. The number of hydrogen-bond donors (Lipinski definition) is 0. The van der Waals surface area contributed by atoms with Crippen LogP contribution < -0.4 is 4.74 Å². The average molecular weight is 364 g/mol. The van der Waals surface area contributed by atoms with Gasteiger partial charge in [0.25, 0.3) is 5.91 Å². The van der Waals surface area contributed by atoms with Crippen molar-refractivity contribution in [2.24, 2.45) is 0 Å². The SMILES string of the molecule is O=C(c1ccc(COc2ccccc2Br)o1)N1CCCCC1. The molecule has 0 atom stereocenters. The number of halogens is 1. The molecule has 1 aliphatic rings. The molecule has 1 aromatic carbocycles. The lowest BCUT2D eigenvalue weighted by atomic mass is 10.1. The van der Waals surface area contributed by atoms with E-state index >= 15 is 0 Å². The first-order chi connectivity index (χ1) is 10.7. The molecule has 3 rings (SSSR count). The number of ether oxygens (including phenoxy) is 1. The van der Waals surface area contributed by atoms with Crippen LogP contribution in [0.15, 0.2) is 45.3 Å². The van der Waals surface area contributed by atoms with E-state index in [4.69, 9.17) is 9.15 Å². The highest BCUT2D eigenvalue weighted by atomic mass is 79.9. The topological polar surface area (TPSA) is 42.7 Å². The van der Waals surface area contributed by atoms with Crippen LogP contribution in [0.5, 0.6) is 5.75 Å². The summed E-state index contributed by atoms with van der Waals surface area (Å²) in [4.78, 5) is 14.2. The highest BCUT2D eigenvalue weighted by Gasteiger charge is 2.21. The van der Waals surface area contributed by atoms with Crippen molar-refractivity contribution in [3.05, 3.63) is 52.4 Å². The Kier molecular flexibility index (Phi) is 4.83. The van der Waals surface area contributed by atoms with E-state index in [1.165, 1.54) is 6.42 Å². The Bertz CT molecular complexity index is 647. The molecule has 0 spiro atoms. The smallest absolute Gasteiger partial charge is 0.289 e. The van der Waals surface area contributed by atoms with E-state index in [9.17, 15) is 4.79 Å². The van der Waals surface area contributed by atoms with Gasteiger partial charge in [0.1, 0.15) is 18.1 Å². The van der Waals surface area contributed by atoms with Crippen LogP contribution in [0.25, 0.3) is 0 Å². The lowest BCUT2D eigenvalue weighted by Crippen LogP contribution is -2.35. The minimum Gasteiger partial charge on any atom is -0.484 e. The number of piperidine rings is 1. The molecular formula is C17H18BrNO3. The Morgan fingerprint density at radius 2 is 1.91 bits per heavy atom. The fourth-order valence-electron chi connectivity index (χ4n) is 2.53. The van der Waals surface area contributed by atoms with Crippen LogP contribution in [-0.2, 0) is 6.61 Å². The lowest BCUT2D eigenvalue weighted by molar-refractivity contribution is 0.0688. The van der Waals surface area contributed by atoms with Crippen molar-refractivity contribution in [2.75, 3.05) is 13.1 Å². The van der Waals surface area contributed by atoms with E-state index in [-0.39, 0.29) is 5.91 Å². The summed E-state index contributed by atoms with van der Waals surface area (Å²) in [5.41, 5.74) is 0. The molecule has 0 bridgehead atoms. The van der Waals surface area contributed by atoms with Gasteiger partial charge in [-0.3, -0.25) is 4.79 Å². The second kappa shape index (κ2) is 7.01. The van der Waals surface area contributed by atoms with Gasteiger partial charge in [0, 0.05) is 13.1 Å². The molecule has 1 aliphatic heterocycles. The van der Waals surface area contributed by atoms with E-state index in [0.29, 0.717) is 18.1 Å². The fourth-order valence-corrected chi connectivity index (χ4v) is 2.93. The summed E-state index contributed by atoms with van der Waals surface area (Å²) in [6.45, 7) is 1.94.